The molecule has 118 valence electrons. The van der Waals surface area contributed by atoms with Crippen LogP contribution in [0.3, 0.4) is 0 Å². The Morgan fingerprint density at radius 2 is 1.95 bits per heavy atom. The fraction of sp³-hybridized carbons (Fsp3) is 0.600. The van der Waals surface area contributed by atoms with E-state index in [0.717, 1.165) is 24.5 Å². The van der Waals surface area contributed by atoms with E-state index in [1.54, 1.807) is 0 Å². The topological polar surface area (TPSA) is 47.7 Å². The molecule has 1 N–H and O–H groups in total. The largest absolute Gasteiger partial charge is 0.377 e. The first-order valence-corrected chi connectivity index (χ1v) is 7.27. The molecular weight excluding hydrogens is 286 g/mol. The van der Waals surface area contributed by atoms with Gasteiger partial charge >= 0.3 is 0 Å². The average molecular weight is 312 g/mol. The first-order chi connectivity index (χ1) is 9.47. The van der Waals surface area contributed by atoms with Crippen LogP contribution >= 0.6 is 12.4 Å². The molecule has 0 unspecified atom stereocenters. The summed E-state index contributed by atoms with van der Waals surface area (Å²) in [6, 6.07) is 2.45. The highest BCUT2D eigenvalue weighted by Gasteiger charge is 2.09. The molecule has 0 aliphatic heterocycles. The Hall–Kier alpha value is -1.49. The van der Waals surface area contributed by atoms with Gasteiger partial charge in [0.05, 0.1) is 23.6 Å². The Bertz CT molecular complexity index is 556. The second kappa shape index (κ2) is 7.50. The molecule has 0 bridgehead atoms. The summed E-state index contributed by atoms with van der Waals surface area (Å²) in [5.41, 5.74) is 3.33. The van der Waals surface area contributed by atoms with Crippen molar-refractivity contribution in [3.63, 3.8) is 0 Å². The summed E-state index contributed by atoms with van der Waals surface area (Å²) in [5, 5.41) is 12.4. The maximum Gasteiger partial charge on any atom is 0.0825 e. The maximum atomic E-state index is 4.51. The number of aryl methyl sites for hydroxylation is 1. The lowest BCUT2D eigenvalue weighted by Gasteiger charge is -2.11. The molecule has 0 aliphatic rings. The SMILES string of the molecule is Cc1nn(C(C)C)cc1NCc1ccnn1CC(C)C.Cl. The molecule has 0 fully saturated rings. The molecule has 2 rings (SSSR count). The van der Waals surface area contributed by atoms with Crippen molar-refractivity contribution in [2.75, 3.05) is 5.32 Å². The van der Waals surface area contributed by atoms with Crippen LogP contribution < -0.4 is 5.32 Å². The lowest BCUT2D eigenvalue weighted by Crippen LogP contribution is -2.12. The van der Waals surface area contributed by atoms with E-state index in [4.69, 9.17) is 0 Å². The fourth-order valence-electron chi connectivity index (χ4n) is 2.13. The molecular formula is C15H26ClN5. The summed E-state index contributed by atoms with van der Waals surface area (Å²) in [5.74, 6) is 0.596. The van der Waals surface area contributed by atoms with Crippen LogP contribution in [0.2, 0.25) is 0 Å². The van der Waals surface area contributed by atoms with E-state index in [9.17, 15) is 0 Å². The minimum absolute atomic E-state index is 0. The average Bonchev–Trinajstić information content (AvgIpc) is 2.93. The number of aromatic nitrogens is 4. The van der Waals surface area contributed by atoms with Gasteiger partial charge in [0.15, 0.2) is 0 Å². The molecule has 0 aromatic carbocycles. The number of rotatable bonds is 6. The van der Waals surface area contributed by atoms with Gasteiger partial charge in [-0.3, -0.25) is 9.36 Å². The summed E-state index contributed by atoms with van der Waals surface area (Å²) >= 11 is 0. The van der Waals surface area contributed by atoms with Crippen molar-refractivity contribution in [1.82, 2.24) is 19.6 Å². The summed E-state index contributed by atoms with van der Waals surface area (Å²) in [6.45, 7) is 12.4. The zero-order chi connectivity index (χ0) is 14.7. The number of hydrogen-bond acceptors (Lipinski definition) is 3. The molecule has 0 radical (unpaired) electrons. The van der Waals surface area contributed by atoms with Crippen molar-refractivity contribution in [3.05, 3.63) is 29.8 Å². The number of halogens is 1. The molecule has 0 atom stereocenters. The fourth-order valence-corrected chi connectivity index (χ4v) is 2.13. The van der Waals surface area contributed by atoms with Gasteiger partial charge in [-0.2, -0.15) is 10.2 Å². The molecule has 2 aromatic heterocycles. The van der Waals surface area contributed by atoms with E-state index in [1.165, 1.54) is 5.69 Å². The monoisotopic (exact) mass is 311 g/mol. The molecule has 5 nitrogen and oxygen atoms in total. The van der Waals surface area contributed by atoms with E-state index >= 15 is 0 Å². The normalized spacial score (nSPS) is 11.0. The molecule has 6 heteroatoms. The van der Waals surface area contributed by atoms with Crippen molar-refractivity contribution in [2.45, 2.75) is 53.8 Å². The van der Waals surface area contributed by atoms with Crippen molar-refractivity contribution in [2.24, 2.45) is 5.92 Å². The van der Waals surface area contributed by atoms with Crippen LogP contribution in [-0.4, -0.2) is 19.6 Å². The summed E-state index contributed by atoms with van der Waals surface area (Å²) in [6.07, 6.45) is 3.94. The first-order valence-electron chi connectivity index (χ1n) is 7.27. The van der Waals surface area contributed by atoms with Crippen molar-refractivity contribution in [3.8, 4) is 0 Å². The van der Waals surface area contributed by atoms with Crippen molar-refractivity contribution >= 4 is 18.1 Å². The van der Waals surface area contributed by atoms with Gasteiger partial charge in [-0.05, 0) is 32.8 Å². The Morgan fingerprint density at radius 1 is 1.24 bits per heavy atom. The predicted molar refractivity (Wildman–Crippen MR) is 89.0 cm³/mol. The van der Waals surface area contributed by atoms with E-state index in [0.29, 0.717) is 12.0 Å². The molecule has 2 aromatic rings. The van der Waals surface area contributed by atoms with Gasteiger partial charge in [-0.1, -0.05) is 13.8 Å². The molecule has 0 amide bonds. The molecule has 0 spiro atoms. The third kappa shape index (κ3) is 4.49. The summed E-state index contributed by atoms with van der Waals surface area (Å²) in [4.78, 5) is 0. The van der Waals surface area contributed by atoms with Crippen molar-refractivity contribution in [1.29, 1.82) is 0 Å². The second-order valence-electron chi connectivity index (χ2n) is 5.95. The third-order valence-corrected chi connectivity index (χ3v) is 3.25. The number of nitrogens with zero attached hydrogens (tertiary/aromatic N) is 4. The lowest BCUT2D eigenvalue weighted by atomic mass is 10.2. The highest BCUT2D eigenvalue weighted by atomic mass is 35.5. The van der Waals surface area contributed by atoms with Gasteiger partial charge < -0.3 is 5.32 Å². The van der Waals surface area contributed by atoms with E-state index in [2.05, 4.69) is 60.2 Å². The Labute approximate surface area is 133 Å². The lowest BCUT2D eigenvalue weighted by molar-refractivity contribution is 0.470. The van der Waals surface area contributed by atoms with Gasteiger partial charge in [0.1, 0.15) is 0 Å². The van der Waals surface area contributed by atoms with Gasteiger partial charge in [0, 0.05) is 25.0 Å². The van der Waals surface area contributed by atoms with E-state index < -0.39 is 0 Å². The van der Waals surface area contributed by atoms with Crippen LogP contribution in [0.25, 0.3) is 0 Å². The van der Waals surface area contributed by atoms with Crippen LogP contribution in [-0.2, 0) is 13.1 Å². The minimum Gasteiger partial charge on any atom is -0.377 e. The van der Waals surface area contributed by atoms with Crippen molar-refractivity contribution < 1.29 is 0 Å². The third-order valence-electron chi connectivity index (χ3n) is 3.25. The highest BCUT2D eigenvalue weighted by Crippen LogP contribution is 2.17. The Kier molecular flexibility index (Phi) is 6.27. The van der Waals surface area contributed by atoms with Gasteiger partial charge in [-0.25, -0.2) is 0 Å². The number of hydrogen-bond donors (Lipinski definition) is 1. The zero-order valence-corrected chi connectivity index (χ0v) is 14.3. The van der Waals surface area contributed by atoms with Gasteiger partial charge in [0.25, 0.3) is 0 Å². The standard InChI is InChI=1S/C15H25N5.ClH/c1-11(2)9-20-14(6-7-17-20)8-16-15-10-19(12(3)4)18-13(15)5;/h6-7,10-12,16H,8-9H2,1-5H3;1H. The molecule has 2 heterocycles. The van der Waals surface area contributed by atoms with Crippen LogP contribution in [0, 0.1) is 12.8 Å². The first kappa shape index (κ1) is 17.6. The van der Waals surface area contributed by atoms with Crippen LogP contribution in [0.5, 0.6) is 0 Å². The maximum absolute atomic E-state index is 4.51. The van der Waals surface area contributed by atoms with Gasteiger partial charge in [-0.15, -0.1) is 12.4 Å². The minimum atomic E-state index is 0. The Balaban J connectivity index is 0.00000220. The van der Waals surface area contributed by atoms with Crippen LogP contribution in [0.15, 0.2) is 18.5 Å². The smallest absolute Gasteiger partial charge is 0.0825 e. The molecule has 0 aliphatic carbocycles. The predicted octanol–water partition coefficient (Wildman–Crippen LogP) is 3.66. The molecule has 0 saturated heterocycles. The zero-order valence-electron chi connectivity index (χ0n) is 13.5. The van der Waals surface area contributed by atoms with Crippen LogP contribution in [0.4, 0.5) is 5.69 Å². The van der Waals surface area contributed by atoms with E-state index in [1.807, 2.05) is 17.8 Å². The van der Waals surface area contributed by atoms with Crippen LogP contribution in [0.1, 0.15) is 45.1 Å². The van der Waals surface area contributed by atoms with E-state index in [-0.39, 0.29) is 12.4 Å². The quantitative estimate of drug-likeness (QED) is 0.885. The molecule has 0 saturated carbocycles. The molecule has 21 heavy (non-hydrogen) atoms. The number of anilines is 1. The number of nitrogens with one attached hydrogen (secondary N) is 1. The summed E-state index contributed by atoms with van der Waals surface area (Å²) in [7, 11) is 0. The highest BCUT2D eigenvalue weighted by molar-refractivity contribution is 5.85. The summed E-state index contributed by atoms with van der Waals surface area (Å²) < 4.78 is 4.06. The van der Waals surface area contributed by atoms with Gasteiger partial charge in [0.2, 0.25) is 0 Å². The second-order valence-corrected chi connectivity index (χ2v) is 5.95. The Morgan fingerprint density at radius 3 is 2.52 bits per heavy atom.